The molecule has 3 aromatic carbocycles. The number of esters is 1. The van der Waals surface area contributed by atoms with E-state index in [9.17, 15) is 4.79 Å². The molecule has 0 aromatic heterocycles. The van der Waals surface area contributed by atoms with E-state index in [4.69, 9.17) is 10.5 Å². The van der Waals surface area contributed by atoms with Crippen molar-refractivity contribution in [1.82, 2.24) is 0 Å². The summed E-state index contributed by atoms with van der Waals surface area (Å²) in [4.78, 5) is 12.2. The quantitative estimate of drug-likeness (QED) is 0.211. The summed E-state index contributed by atoms with van der Waals surface area (Å²) in [6.45, 7) is 1.93. The van der Waals surface area contributed by atoms with Crippen LogP contribution in [-0.4, -0.2) is 17.4 Å². The Morgan fingerprint density at radius 2 is 1.79 bits per heavy atom. The summed E-state index contributed by atoms with van der Waals surface area (Å²) in [5.74, 6) is 0.824. The maximum atomic E-state index is 12.2. The van der Waals surface area contributed by atoms with Crippen LogP contribution in [0.25, 0.3) is 0 Å². The fourth-order valence-electron chi connectivity index (χ4n) is 2.47. The summed E-state index contributed by atoms with van der Waals surface area (Å²) < 4.78 is 5.39. The number of rotatable bonds is 6. The highest BCUT2D eigenvalue weighted by Gasteiger charge is 2.08. The number of carbonyl (C=O) groups excluding carboxylic acids is 1. The molecule has 0 aliphatic rings. The number of hydrogen-bond donors (Lipinski definition) is 1. The highest BCUT2D eigenvalue weighted by molar-refractivity contribution is 8.13. The Bertz CT molecular complexity index is 1020. The van der Waals surface area contributed by atoms with Crippen LogP contribution in [0.1, 0.15) is 27.0 Å². The number of ether oxygens (including phenoxy) is 1. The standard InChI is InChI=1S/C23H21N3O2S/c1-17-6-5-9-20(14-17)22(27)28-21-12-10-18(11-13-21)15-25-26-23(24)29-16-19-7-3-2-4-8-19/h2-15H,16H2,1H3,(H2,24,26). The van der Waals surface area contributed by atoms with Gasteiger partial charge in [-0.2, -0.15) is 5.10 Å². The van der Waals surface area contributed by atoms with E-state index in [-0.39, 0.29) is 5.97 Å². The lowest BCUT2D eigenvalue weighted by molar-refractivity contribution is 0.0734. The Hall–Kier alpha value is -3.38. The summed E-state index contributed by atoms with van der Waals surface area (Å²) in [5, 5.41) is 8.40. The minimum Gasteiger partial charge on any atom is -0.423 e. The van der Waals surface area contributed by atoms with Crippen molar-refractivity contribution in [2.24, 2.45) is 15.9 Å². The third kappa shape index (κ3) is 6.62. The Morgan fingerprint density at radius 1 is 1.03 bits per heavy atom. The Kier molecular flexibility index (Phi) is 7.19. The second-order valence-corrected chi connectivity index (χ2v) is 7.28. The van der Waals surface area contributed by atoms with Gasteiger partial charge in [-0.15, -0.1) is 5.10 Å². The maximum absolute atomic E-state index is 12.2. The molecule has 0 heterocycles. The Morgan fingerprint density at radius 3 is 2.52 bits per heavy atom. The number of carbonyl (C=O) groups is 1. The lowest BCUT2D eigenvalue weighted by Crippen LogP contribution is -2.08. The van der Waals surface area contributed by atoms with Gasteiger partial charge in [0, 0.05) is 5.75 Å². The molecule has 2 N–H and O–H groups in total. The first kappa shape index (κ1) is 20.4. The van der Waals surface area contributed by atoms with E-state index in [1.807, 2.05) is 49.4 Å². The van der Waals surface area contributed by atoms with Gasteiger partial charge < -0.3 is 10.5 Å². The van der Waals surface area contributed by atoms with Crippen molar-refractivity contribution in [1.29, 1.82) is 0 Å². The molecule has 0 amide bonds. The molecule has 0 unspecified atom stereocenters. The number of amidine groups is 1. The molecular weight excluding hydrogens is 382 g/mol. The number of nitrogens with zero attached hydrogens (tertiary/aromatic N) is 2. The third-order valence-electron chi connectivity index (χ3n) is 3.94. The SMILES string of the molecule is Cc1cccc(C(=O)Oc2ccc(C=NN=C(N)SCc3ccccc3)cc2)c1. The van der Waals surface area contributed by atoms with Crippen molar-refractivity contribution < 1.29 is 9.53 Å². The molecule has 29 heavy (non-hydrogen) atoms. The Labute approximate surface area is 174 Å². The second-order valence-electron chi connectivity index (χ2n) is 6.29. The van der Waals surface area contributed by atoms with Gasteiger partial charge in [-0.3, -0.25) is 0 Å². The van der Waals surface area contributed by atoms with Gasteiger partial charge in [-0.25, -0.2) is 4.79 Å². The average molecular weight is 404 g/mol. The van der Waals surface area contributed by atoms with Crippen LogP contribution in [0.2, 0.25) is 0 Å². The van der Waals surface area contributed by atoms with Crippen LogP contribution in [0, 0.1) is 6.92 Å². The fraction of sp³-hybridized carbons (Fsp3) is 0.0870. The van der Waals surface area contributed by atoms with E-state index in [1.165, 1.54) is 17.3 Å². The predicted molar refractivity (Wildman–Crippen MR) is 120 cm³/mol. The highest BCUT2D eigenvalue weighted by Crippen LogP contribution is 2.15. The molecule has 0 fully saturated rings. The molecule has 0 aliphatic carbocycles. The monoisotopic (exact) mass is 403 g/mol. The predicted octanol–water partition coefficient (Wildman–Crippen LogP) is 4.80. The van der Waals surface area contributed by atoms with Crippen molar-refractivity contribution in [2.45, 2.75) is 12.7 Å². The molecule has 0 aliphatic heterocycles. The van der Waals surface area contributed by atoms with Gasteiger partial charge in [0.2, 0.25) is 0 Å². The molecule has 5 nitrogen and oxygen atoms in total. The van der Waals surface area contributed by atoms with E-state index in [2.05, 4.69) is 10.2 Å². The van der Waals surface area contributed by atoms with E-state index in [0.717, 1.165) is 16.9 Å². The van der Waals surface area contributed by atoms with Crippen LogP contribution in [-0.2, 0) is 5.75 Å². The van der Waals surface area contributed by atoms with E-state index in [1.54, 1.807) is 42.6 Å². The smallest absolute Gasteiger partial charge is 0.343 e. The topological polar surface area (TPSA) is 77.0 Å². The van der Waals surface area contributed by atoms with Gasteiger partial charge in [0.15, 0.2) is 5.17 Å². The van der Waals surface area contributed by atoms with Gasteiger partial charge >= 0.3 is 5.97 Å². The first-order chi connectivity index (χ1) is 14.1. The normalized spacial score (nSPS) is 11.6. The van der Waals surface area contributed by atoms with Gasteiger partial charge in [-0.1, -0.05) is 59.8 Å². The van der Waals surface area contributed by atoms with Crippen LogP contribution < -0.4 is 10.5 Å². The van der Waals surface area contributed by atoms with Crippen LogP contribution in [0.5, 0.6) is 5.75 Å². The third-order valence-corrected chi connectivity index (χ3v) is 4.79. The molecule has 3 aromatic rings. The minimum absolute atomic E-state index is 0.386. The van der Waals surface area contributed by atoms with Crippen LogP contribution in [0.3, 0.4) is 0 Å². The maximum Gasteiger partial charge on any atom is 0.343 e. The van der Waals surface area contributed by atoms with E-state index < -0.39 is 0 Å². The summed E-state index contributed by atoms with van der Waals surface area (Å²) in [6.07, 6.45) is 1.60. The molecule has 3 rings (SSSR count). The number of benzene rings is 3. The molecule has 6 heteroatoms. The second kappa shape index (κ2) is 10.2. The van der Waals surface area contributed by atoms with Crippen LogP contribution in [0.4, 0.5) is 0 Å². The first-order valence-corrected chi connectivity index (χ1v) is 10.0. The number of hydrogen-bond acceptors (Lipinski definition) is 5. The van der Waals surface area contributed by atoms with Crippen LogP contribution in [0.15, 0.2) is 89.1 Å². The molecule has 0 spiro atoms. The zero-order valence-electron chi connectivity index (χ0n) is 16.0. The van der Waals surface area contributed by atoms with Crippen molar-refractivity contribution in [3.05, 3.63) is 101 Å². The summed E-state index contributed by atoms with van der Waals surface area (Å²) in [5.41, 5.74) is 9.40. The molecular formula is C23H21N3O2S. The largest absolute Gasteiger partial charge is 0.423 e. The van der Waals surface area contributed by atoms with Gasteiger partial charge in [0.05, 0.1) is 11.8 Å². The molecule has 0 saturated carbocycles. The van der Waals surface area contributed by atoms with Crippen molar-refractivity contribution in [2.75, 3.05) is 0 Å². The van der Waals surface area contributed by atoms with Gasteiger partial charge in [0.1, 0.15) is 5.75 Å². The summed E-state index contributed by atoms with van der Waals surface area (Å²) in [6, 6.07) is 24.3. The van der Waals surface area contributed by atoms with Crippen molar-refractivity contribution >= 4 is 29.1 Å². The van der Waals surface area contributed by atoms with Gasteiger partial charge in [-0.05, 0) is 54.4 Å². The zero-order valence-corrected chi connectivity index (χ0v) is 16.8. The van der Waals surface area contributed by atoms with E-state index >= 15 is 0 Å². The van der Waals surface area contributed by atoms with Crippen molar-refractivity contribution in [3.63, 3.8) is 0 Å². The average Bonchev–Trinajstić information content (AvgIpc) is 2.74. The lowest BCUT2D eigenvalue weighted by atomic mass is 10.1. The number of nitrogens with two attached hydrogens (primary N) is 1. The van der Waals surface area contributed by atoms with Crippen molar-refractivity contribution in [3.8, 4) is 5.75 Å². The van der Waals surface area contributed by atoms with Crippen LogP contribution >= 0.6 is 11.8 Å². The molecule has 0 radical (unpaired) electrons. The zero-order chi connectivity index (χ0) is 20.5. The summed E-state index contributed by atoms with van der Waals surface area (Å²) in [7, 11) is 0. The fourth-order valence-corrected chi connectivity index (χ4v) is 3.08. The molecule has 0 atom stereocenters. The first-order valence-electron chi connectivity index (χ1n) is 9.02. The molecule has 0 bridgehead atoms. The minimum atomic E-state index is -0.386. The van der Waals surface area contributed by atoms with E-state index in [0.29, 0.717) is 16.5 Å². The summed E-state index contributed by atoms with van der Waals surface area (Å²) >= 11 is 1.43. The molecule has 0 saturated heterocycles. The molecule has 146 valence electrons. The number of thioether (sulfide) groups is 1. The van der Waals surface area contributed by atoms with Gasteiger partial charge in [0.25, 0.3) is 0 Å². The number of aryl methyl sites for hydroxylation is 1. The highest BCUT2D eigenvalue weighted by atomic mass is 32.2. The lowest BCUT2D eigenvalue weighted by Gasteiger charge is -2.05. The Balaban J connectivity index is 1.52.